The SMILES string of the molecule is CCC(C)(C)c1ccc(-n2c(-c3cc(C(C)C)cc(C(C)C)c3O)nc3c(-c4cc(-c5ccccc5)cc(-c5cc(-c6ccc(-c7ccccc7)cc6)ccn5)c4)cccc32)c(-c2ccccc2)c1. The molecule has 0 saturated heterocycles. The van der Waals surface area contributed by atoms with Crippen LogP contribution in [0.3, 0.4) is 0 Å². The molecule has 2 aromatic heterocycles. The summed E-state index contributed by atoms with van der Waals surface area (Å²) in [6.07, 6.45) is 2.92. The zero-order valence-electron chi connectivity index (χ0n) is 40.7. The Bertz CT molecular complexity index is 3440. The fourth-order valence-electron chi connectivity index (χ4n) is 9.57. The van der Waals surface area contributed by atoms with Gasteiger partial charge in [0.15, 0.2) is 0 Å². The van der Waals surface area contributed by atoms with E-state index < -0.39 is 0 Å². The molecule has 4 heteroatoms. The molecule has 4 nitrogen and oxygen atoms in total. The van der Waals surface area contributed by atoms with E-state index in [2.05, 4.69) is 247 Å². The largest absolute Gasteiger partial charge is 0.507 e. The van der Waals surface area contributed by atoms with E-state index in [4.69, 9.17) is 9.97 Å². The summed E-state index contributed by atoms with van der Waals surface area (Å²) in [6.45, 7) is 15.6. The van der Waals surface area contributed by atoms with E-state index >= 15 is 0 Å². The number of pyridine rings is 1. The smallest absolute Gasteiger partial charge is 0.149 e. The Hall–Kier alpha value is -7.82. The molecule has 340 valence electrons. The third-order valence-electron chi connectivity index (χ3n) is 14.1. The number of nitrogens with zero attached hydrogens (tertiary/aromatic N) is 3. The van der Waals surface area contributed by atoms with Crippen molar-refractivity contribution in [3.63, 3.8) is 0 Å². The average Bonchev–Trinajstić information content (AvgIpc) is 3.78. The van der Waals surface area contributed by atoms with Gasteiger partial charge in [-0.05, 0) is 139 Å². The lowest BCUT2D eigenvalue weighted by atomic mass is 9.81. The minimum atomic E-state index is -0.0338. The Balaban J connectivity index is 1.21. The van der Waals surface area contributed by atoms with Gasteiger partial charge in [-0.15, -0.1) is 0 Å². The topological polar surface area (TPSA) is 50.9 Å². The van der Waals surface area contributed by atoms with Crippen LogP contribution in [0.5, 0.6) is 5.75 Å². The summed E-state index contributed by atoms with van der Waals surface area (Å²) in [4.78, 5) is 10.7. The molecule has 0 aliphatic rings. The Kier molecular flexibility index (Phi) is 12.2. The molecule has 0 bridgehead atoms. The molecule has 0 amide bonds. The van der Waals surface area contributed by atoms with Gasteiger partial charge >= 0.3 is 0 Å². The second-order valence-electron chi connectivity index (χ2n) is 19.6. The maximum atomic E-state index is 12.4. The first kappa shape index (κ1) is 45.0. The molecule has 10 aromatic rings. The van der Waals surface area contributed by atoms with Gasteiger partial charge < -0.3 is 5.11 Å². The lowest BCUT2D eigenvalue weighted by molar-refractivity contribution is 0.466. The lowest BCUT2D eigenvalue weighted by Gasteiger charge is -2.26. The number of phenols is 1. The fourth-order valence-corrected chi connectivity index (χ4v) is 9.57. The Labute approximate surface area is 407 Å². The van der Waals surface area contributed by atoms with Gasteiger partial charge in [-0.2, -0.15) is 0 Å². The summed E-state index contributed by atoms with van der Waals surface area (Å²) in [5.41, 5.74) is 19.8. The first-order valence-corrected chi connectivity index (χ1v) is 24.4. The standard InChI is InChI=1S/C65H59N3O/c1-8-65(6,7)54-31-32-60(57(41-54)48-23-16-11-17-24-48)68-61-26-18-25-55(62(61)67-64(68)58-39-50(42(2)3)38-56(43(4)5)63(58)69)52-35-51(45-21-14-10-15-22-45)36-53(37-52)59-40-49(33-34-66-59)47-29-27-46(28-30-47)44-19-12-9-13-20-44/h9-43,69H,8H2,1-7H3. The van der Waals surface area contributed by atoms with Crippen molar-refractivity contribution in [2.24, 2.45) is 0 Å². The number of hydrogen-bond acceptors (Lipinski definition) is 3. The van der Waals surface area contributed by atoms with E-state index in [-0.39, 0.29) is 23.0 Å². The zero-order chi connectivity index (χ0) is 47.8. The average molecular weight is 898 g/mol. The molecule has 1 N–H and O–H groups in total. The Morgan fingerprint density at radius 1 is 0.493 bits per heavy atom. The van der Waals surface area contributed by atoms with Gasteiger partial charge in [0.05, 0.1) is 28.0 Å². The molecular weight excluding hydrogens is 839 g/mol. The van der Waals surface area contributed by atoms with Crippen molar-refractivity contribution in [2.75, 3.05) is 0 Å². The maximum Gasteiger partial charge on any atom is 0.149 e. The van der Waals surface area contributed by atoms with Crippen molar-refractivity contribution in [3.05, 3.63) is 217 Å². The highest BCUT2D eigenvalue weighted by molar-refractivity contribution is 5.98. The van der Waals surface area contributed by atoms with Crippen LogP contribution in [-0.4, -0.2) is 19.6 Å². The highest BCUT2D eigenvalue weighted by Gasteiger charge is 2.27. The molecule has 0 radical (unpaired) electrons. The third-order valence-corrected chi connectivity index (χ3v) is 14.1. The number of aromatic nitrogens is 3. The van der Waals surface area contributed by atoms with Crippen molar-refractivity contribution in [1.82, 2.24) is 14.5 Å². The number of rotatable bonds is 12. The van der Waals surface area contributed by atoms with Gasteiger partial charge in [0.2, 0.25) is 0 Å². The Morgan fingerprint density at radius 2 is 1.09 bits per heavy atom. The predicted octanol–water partition coefficient (Wildman–Crippen LogP) is 17.7. The van der Waals surface area contributed by atoms with Crippen molar-refractivity contribution >= 4 is 11.0 Å². The first-order chi connectivity index (χ1) is 33.5. The van der Waals surface area contributed by atoms with Gasteiger partial charge in [0.25, 0.3) is 0 Å². The summed E-state index contributed by atoms with van der Waals surface area (Å²) < 4.78 is 2.29. The van der Waals surface area contributed by atoms with Crippen LogP contribution < -0.4 is 0 Å². The fraction of sp³-hybridized carbons (Fsp3) is 0.169. The molecule has 69 heavy (non-hydrogen) atoms. The Morgan fingerprint density at radius 3 is 1.72 bits per heavy atom. The van der Waals surface area contributed by atoms with Crippen molar-refractivity contribution < 1.29 is 5.11 Å². The van der Waals surface area contributed by atoms with Crippen LogP contribution in [0, 0.1) is 0 Å². The van der Waals surface area contributed by atoms with E-state index in [1.54, 1.807) is 0 Å². The molecule has 8 aromatic carbocycles. The number of imidazole rings is 1. The normalized spacial score (nSPS) is 11.8. The zero-order valence-corrected chi connectivity index (χ0v) is 40.7. The van der Waals surface area contributed by atoms with Crippen molar-refractivity contribution in [2.45, 2.75) is 72.1 Å². The summed E-state index contributed by atoms with van der Waals surface area (Å²) in [5.74, 6) is 1.31. The molecule has 0 fully saturated rings. The van der Waals surface area contributed by atoms with E-state index in [1.165, 1.54) is 16.7 Å². The van der Waals surface area contributed by atoms with Crippen LogP contribution in [0.2, 0.25) is 0 Å². The summed E-state index contributed by atoms with van der Waals surface area (Å²) >= 11 is 0. The van der Waals surface area contributed by atoms with Crippen molar-refractivity contribution in [3.8, 4) is 89.7 Å². The van der Waals surface area contributed by atoms with E-state index in [1.807, 2.05) is 6.20 Å². The van der Waals surface area contributed by atoms with E-state index in [0.29, 0.717) is 5.82 Å². The number of hydrogen-bond donors (Lipinski definition) is 1. The molecule has 0 saturated carbocycles. The van der Waals surface area contributed by atoms with Gasteiger partial charge in [0, 0.05) is 22.9 Å². The number of fused-ring (bicyclic) bond motifs is 1. The number of benzene rings is 8. The van der Waals surface area contributed by atoms with E-state index in [9.17, 15) is 5.11 Å². The van der Waals surface area contributed by atoms with Crippen LogP contribution in [-0.2, 0) is 5.41 Å². The van der Waals surface area contributed by atoms with Crippen LogP contribution in [0.25, 0.3) is 95.0 Å². The quantitative estimate of drug-likeness (QED) is 0.133. The van der Waals surface area contributed by atoms with Gasteiger partial charge in [-0.1, -0.05) is 188 Å². The van der Waals surface area contributed by atoms with Gasteiger partial charge in [0.1, 0.15) is 11.6 Å². The van der Waals surface area contributed by atoms with E-state index in [0.717, 1.165) is 95.6 Å². The van der Waals surface area contributed by atoms with Gasteiger partial charge in [-0.3, -0.25) is 9.55 Å². The van der Waals surface area contributed by atoms with Crippen LogP contribution >= 0.6 is 0 Å². The lowest BCUT2D eigenvalue weighted by Crippen LogP contribution is -2.16. The van der Waals surface area contributed by atoms with Crippen LogP contribution in [0.4, 0.5) is 0 Å². The third kappa shape index (κ3) is 8.80. The molecule has 0 aliphatic heterocycles. The molecule has 10 rings (SSSR count). The summed E-state index contributed by atoms with van der Waals surface area (Å²) in [6, 6.07) is 69.4. The molecule has 0 atom stereocenters. The summed E-state index contributed by atoms with van der Waals surface area (Å²) in [5, 5.41) is 12.4. The first-order valence-electron chi connectivity index (χ1n) is 24.4. The van der Waals surface area contributed by atoms with Crippen LogP contribution in [0.1, 0.15) is 83.4 Å². The van der Waals surface area contributed by atoms with Crippen molar-refractivity contribution in [1.29, 1.82) is 0 Å². The number of aromatic hydroxyl groups is 1. The molecular formula is C65H59N3O. The molecule has 0 unspecified atom stereocenters. The second kappa shape index (κ2) is 18.7. The van der Waals surface area contributed by atoms with Crippen LogP contribution in [0.15, 0.2) is 200 Å². The van der Waals surface area contributed by atoms with Gasteiger partial charge in [-0.25, -0.2) is 4.98 Å². The molecule has 0 spiro atoms. The minimum Gasteiger partial charge on any atom is -0.507 e. The second-order valence-corrected chi connectivity index (χ2v) is 19.6. The summed E-state index contributed by atoms with van der Waals surface area (Å²) in [7, 11) is 0. The highest BCUT2D eigenvalue weighted by atomic mass is 16.3. The molecule has 0 aliphatic carbocycles. The maximum absolute atomic E-state index is 12.4. The number of phenolic OH excluding ortho intramolecular Hbond substituents is 1. The highest BCUT2D eigenvalue weighted by Crippen LogP contribution is 2.45. The monoisotopic (exact) mass is 897 g/mol. The minimum absolute atomic E-state index is 0.0338. The number of para-hydroxylation sites is 1. The molecule has 2 heterocycles. The predicted molar refractivity (Wildman–Crippen MR) is 290 cm³/mol.